The maximum atomic E-state index is 12.1. The van der Waals surface area contributed by atoms with Crippen LogP contribution in [0.5, 0.6) is 0 Å². The van der Waals surface area contributed by atoms with Gasteiger partial charge in [0.15, 0.2) is 0 Å². The molecule has 2 rings (SSSR count). The van der Waals surface area contributed by atoms with Crippen LogP contribution in [0.15, 0.2) is 24.3 Å². The van der Waals surface area contributed by atoms with Crippen molar-refractivity contribution >= 4 is 17.5 Å². The Morgan fingerprint density at radius 1 is 1.23 bits per heavy atom. The fourth-order valence-corrected chi connectivity index (χ4v) is 3.06. The quantitative estimate of drug-likeness (QED) is 0.773. The molecule has 0 bridgehead atoms. The Hall–Kier alpha value is -1.06. The highest BCUT2D eigenvalue weighted by Crippen LogP contribution is 2.20. The summed E-state index contributed by atoms with van der Waals surface area (Å²) in [6.45, 7) is 5.95. The number of carbonyl (C=O) groups is 1. The molecule has 1 amide bonds. The topological polar surface area (TPSA) is 32.3 Å². The average Bonchev–Trinajstić information content (AvgIpc) is 2.54. The van der Waals surface area contributed by atoms with E-state index in [9.17, 15) is 4.79 Å². The van der Waals surface area contributed by atoms with Gasteiger partial charge < -0.3 is 5.32 Å². The zero-order valence-corrected chi connectivity index (χ0v) is 14.2. The van der Waals surface area contributed by atoms with Crippen molar-refractivity contribution in [1.82, 2.24) is 10.2 Å². The predicted octanol–water partition coefficient (Wildman–Crippen LogP) is 3.86. The summed E-state index contributed by atoms with van der Waals surface area (Å²) in [6, 6.07) is 8.03. The van der Waals surface area contributed by atoms with E-state index < -0.39 is 0 Å². The van der Waals surface area contributed by atoms with Crippen LogP contribution in [0.25, 0.3) is 0 Å². The summed E-state index contributed by atoms with van der Waals surface area (Å²) in [7, 11) is 0. The molecule has 0 atom stereocenters. The molecule has 1 aromatic rings. The molecule has 0 spiro atoms. The van der Waals surface area contributed by atoms with Crippen LogP contribution in [-0.2, 0) is 11.3 Å². The van der Waals surface area contributed by atoms with Gasteiger partial charge in [-0.3, -0.25) is 9.69 Å². The molecule has 1 aliphatic rings. The molecule has 0 unspecified atom stereocenters. The minimum absolute atomic E-state index is 0.197. The number of benzene rings is 1. The molecule has 1 N–H and O–H groups in total. The van der Waals surface area contributed by atoms with Gasteiger partial charge in [0, 0.05) is 24.0 Å². The Morgan fingerprint density at radius 3 is 2.55 bits per heavy atom. The third kappa shape index (κ3) is 5.62. The van der Waals surface area contributed by atoms with E-state index in [0.29, 0.717) is 0 Å². The summed E-state index contributed by atoms with van der Waals surface area (Å²) in [5.41, 5.74) is 1.28. The number of likely N-dealkylation sites (tertiary alicyclic amines) is 1. The minimum atomic E-state index is 0.197. The smallest absolute Gasteiger partial charge is 0.223 e. The van der Waals surface area contributed by atoms with Crippen molar-refractivity contribution in [2.24, 2.45) is 5.92 Å². The number of carbonyl (C=O) groups excluding carboxylic acids is 1. The van der Waals surface area contributed by atoms with Crippen LogP contribution in [0.2, 0.25) is 5.02 Å². The van der Waals surface area contributed by atoms with Crippen molar-refractivity contribution in [3.63, 3.8) is 0 Å². The number of amides is 1. The van der Waals surface area contributed by atoms with Crippen LogP contribution < -0.4 is 5.32 Å². The largest absolute Gasteiger partial charge is 0.356 e. The summed E-state index contributed by atoms with van der Waals surface area (Å²) in [5, 5.41) is 3.87. The highest BCUT2D eigenvalue weighted by Gasteiger charge is 2.24. The molecule has 0 aromatic heterocycles. The third-order valence-electron chi connectivity index (χ3n) is 4.36. The normalized spacial score (nSPS) is 16.6. The van der Waals surface area contributed by atoms with Crippen LogP contribution in [0.3, 0.4) is 0 Å². The lowest BCUT2D eigenvalue weighted by Crippen LogP contribution is -2.40. The molecule has 1 saturated heterocycles. The van der Waals surface area contributed by atoms with Gasteiger partial charge in [0.1, 0.15) is 0 Å². The van der Waals surface area contributed by atoms with E-state index in [2.05, 4.69) is 29.3 Å². The van der Waals surface area contributed by atoms with Crippen LogP contribution in [0.1, 0.15) is 44.6 Å². The summed E-state index contributed by atoms with van der Waals surface area (Å²) in [5.74, 6) is 0.449. The summed E-state index contributed by atoms with van der Waals surface area (Å²) >= 11 is 5.91. The van der Waals surface area contributed by atoms with Gasteiger partial charge in [-0.25, -0.2) is 0 Å². The third-order valence-corrected chi connectivity index (χ3v) is 4.61. The van der Waals surface area contributed by atoms with Crippen LogP contribution >= 0.6 is 11.6 Å². The zero-order valence-electron chi connectivity index (χ0n) is 13.5. The Bertz CT molecular complexity index is 453. The van der Waals surface area contributed by atoms with Crippen molar-refractivity contribution in [1.29, 1.82) is 0 Å². The first-order valence-corrected chi connectivity index (χ1v) is 8.81. The molecule has 0 radical (unpaired) electrons. The standard InChI is InChI=1S/C18H27ClN2O/c1-2-3-4-11-20-18(22)16-9-12-21(13-10-16)14-15-5-7-17(19)8-6-15/h5-8,16H,2-4,9-14H2,1H3,(H,20,22). The maximum absolute atomic E-state index is 12.1. The van der Waals surface area contributed by atoms with Gasteiger partial charge in [-0.15, -0.1) is 0 Å². The second-order valence-electron chi connectivity index (χ2n) is 6.18. The van der Waals surface area contributed by atoms with E-state index in [1.54, 1.807) is 0 Å². The maximum Gasteiger partial charge on any atom is 0.223 e. The summed E-state index contributed by atoms with van der Waals surface area (Å²) in [6.07, 6.45) is 5.41. The van der Waals surface area contributed by atoms with E-state index in [0.717, 1.165) is 50.5 Å². The molecule has 1 aromatic carbocycles. The lowest BCUT2D eigenvalue weighted by molar-refractivity contribution is -0.126. The highest BCUT2D eigenvalue weighted by molar-refractivity contribution is 6.30. The van der Waals surface area contributed by atoms with Crippen molar-refractivity contribution in [3.8, 4) is 0 Å². The number of piperidine rings is 1. The Morgan fingerprint density at radius 2 is 1.91 bits per heavy atom. The van der Waals surface area contributed by atoms with Gasteiger partial charge in [-0.1, -0.05) is 43.5 Å². The number of rotatable bonds is 7. The van der Waals surface area contributed by atoms with E-state index >= 15 is 0 Å². The zero-order chi connectivity index (χ0) is 15.8. The molecule has 4 heteroatoms. The highest BCUT2D eigenvalue weighted by atomic mass is 35.5. The van der Waals surface area contributed by atoms with Crippen molar-refractivity contribution in [3.05, 3.63) is 34.9 Å². The molecule has 1 fully saturated rings. The number of hydrogen-bond acceptors (Lipinski definition) is 2. The molecule has 1 heterocycles. The minimum Gasteiger partial charge on any atom is -0.356 e. The summed E-state index contributed by atoms with van der Waals surface area (Å²) in [4.78, 5) is 14.5. The molecular weight excluding hydrogens is 296 g/mol. The van der Waals surface area contributed by atoms with Crippen molar-refractivity contribution < 1.29 is 4.79 Å². The van der Waals surface area contributed by atoms with Gasteiger partial charge in [-0.05, 0) is 50.0 Å². The van der Waals surface area contributed by atoms with E-state index in [1.165, 1.54) is 18.4 Å². The van der Waals surface area contributed by atoms with Gasteiger partial charge in [0.05, 0.1) is 0 Å². The van der Waals surface area contributed by atoms with E-state index in [4.69, 9.17) is 11.6 Å². The predicted molar refractivity (Wildman–Crippen MR) is 92.0 cm³/mol. The molecule has 0 saturated carbocycles. The summed E-state index contributed by atoms with van der Waals surface area (Å²) < 4.78 is 0. The molecule has 0 aliphatic carbocycles. The van der Waals surface area contributed by atoms with Crippen LogP contribution in [0, 0.1) is 5.92 Å². The van der Waals surface area contributed by atoms with E-state index in [-0.39, 0.29) is 11.8 Å². The molecule has 3 nitrogen and oxygen atoms in total. The molecule has 122 valence electrons. The molecular formula is C18H27ClN2O. The molecule has 22 heavy (non-hydrogen) atoms. The monoisotopic (exact) mass is 322 g/mol. The number of nitrogens with one attached hydrogen (secondary N) is 1. The SMILES string of the molecule is CCCCCNC(=O)C1CCN(Cc2ccc(Cl)cc2)CC1. The second-order valence-corrected chi connectivity index (χ2v) is 6.61. The van der Waals surface area contributed by atoms with Crippen LogP contribution in [0.4, 0.5) is 0 Å². The first kappa shape index (κ1) is 17.3. The Kier molecular flexibility index (Phi) is 7.20. The fourth-order valence-electron chi connectivity index (χ4n) is 2.93. The van der Waals surface area contributed by atoms with Gasteiger partial charge >= 0.3 is 0 Å². The Labute approximate surface area is 139 Å². The Balaban J connectivity index is 1.68. The lowest BCUT2D eigenvalue weighted by Gasteiger charge is -2.31. The van der Waals surface area contributed by atoms with Gasteiger partial charge in [-0.2, -0.15) is 0 Å². The van der Waals surface area contributed by atoms with Gasteiger partial charge in [0.25, 0.3) is 0 Å². The van der Waals surface area contributed by atoms with Crippen molar-refractivity contribution in [2.75, 3.05) is 19.6 Å². The fraction of sp³-hybridized carbons (Fsp3) is 0.611. The molecule has 1 aliphatic heterocycles. The first-order chi connectivity index (χ1) is 10.7. The number of halogens is 1. The number of nitrogens with zero attached hydrogens (tertiary/aromatic N) is 1. The number of unbranched alkanes of at least 4 members (excludes halogenated alkanes) is 2. The van der Waals surface area contributed by atoms with Crippen LogP contribution in [-0.4, -0.2) is 30.4 Å². The first-order valence-electron chi connectivity index (χ1n) is 8.43. The average molecular weight is 323 g/mol. The second kappa shape index (κ2) is 9.16. The number of hydrogen-bond donors (Lipinski definition) is 1. The van der Waals surface area contributed by atoms with Crippen molar-refractivity contribution in [2.45, 2.75) is 45.6 Å². The van der Waals surface area contributed by atoms with E-state index in [1.807, 2.05) is 12.1 Å². The van der Waals surface area contributed by atoms with Gasteiger partial charge in [0.2, 0.25) is 5.91 Å². The lowest BCUT2D eigenvalue weighted by atomic mass is 9.95.